The zero-order chi connectivity index (χ0) is 26.6. The molecule has 0 aliphatic carbocycles. The predicted molar refractivity (Wildman–Crippen MR) is 152 cm³/mol. The second-order valence-corrected chi connectivity index (χ2v) is 8.81. The van der Waals surface area contributed by atoms with E-state index >= 15 is 0 Å². The number of rotatable bonds is 8. The highest BCUT2D eigenvalue weighted by atomic mass is 35.5. The van der Waals surface area contributed by atoms with Crippen LogP contribution < -0.4 is 9.47 Å². The van der Waals surface area contributed by atoms with Crippen molar-refractivity contribution in [2.45, 2.75) is 20.0 Å². The number of tetrazole rings is 1. The Balaban J connectivity index is 0.00000323. The molecule has 0 fully saturated rings. The van der Waals surface area contributed by atoms with Gasteiger partial charge in [0, 0.05) is 23.4 Å². The average Bonchev–Trinajstić information content (AvgIpc) is 3.52. The second kappa shape index (κ2) is 11.9. The summed E-state index contributed by atoms with van der Waals surface area (Å²) in [7, 11) is 0. The Bertz CT molecular complexity index is 1730. The van der Waals surface area contributed by atoms with E-state index in [0.29, 0.717) is 40.8 Å². The van der Waals surface area contributed by atoms with Gasteiger partial charge in [0.05, 0.1) is 5.52 Å². The second-order valence-electron chi connectivity index (χ2n) is 8.81. The molecule has 3 heterocycles. The number of halogens is 2. The first kappa shape index (κ1) is 26.7. The summed E-state index contributed by atoms with van der Waals surface area (Å²) in [6, 6.07) is 27.4. The van der Waals surface area contributed by atoms with Crippen molar-refractivity contribution in [2.75, 3.05) is 0 Å². The zero-order valence-corrected chi connectivity index (χ0v) is 22.2. The third-order valence-electron chi connectivity index (χ3n) is 6.21. The van der Waals surface area contributed by atoms with E-state index in [1.807, 2.05) is 67.6 Å². The van der Waals surface area contributed by atoms with E-state index < -0.39 is 0 Å². The summed E-state index contributed by atoms with van der Waals surface area (Å²) in [6.45, 7) is 2.39. The monoisotopic (exact) mass is 554 g/mol. The van der Waals surface area contributed by atoms with Crippen molar-refractivity contribution in [1.82, 2.24) is 30.6 Å². The van der Waals surface area contributed by atoms with Gasteiger partial charge in [0.25, 0.3) is 0 Å². The fourth-order valence-corrected chi connectivity index (χ4v) is 4.23. The summed E-state index contributed by atoms with van der Waals surface area (Å²) in [4.78, 5) is 9.32. The van der Waals surface area contributed by atoms with Crippen LogP contribution in [0.25, 0.3) is 33.5 Å². The van der Waals surface area contributed by atoms with E-state index in [2.05, 4.69) is 30.6 Å². The molecule has 3 aromatic heterocycles. The Morgan fingerprint density at radius 2 is 1.62 bits per heavy atom. The summed E-state index contributed by atoms with van der Waals surface area (Å²) in [5.74, 6) is 1.70. The van der Waals surface area contributed by atoms with Crippen LogP contribution in [0.4, 0.5) is 4.39 Å². The van der Waals surface area contributed by atoms with Crippen LogP contribution in [0.15, 0.2) is 91.0 Å². The van der Waals surface area contributed by atoms with Gasteiger partial charge in [-0.25, -0.2) is 9.37 Å². The maximum atomic E-state index is 13.3. The van der Waals surface area contributed by atoms with Gasteiger partial charge in [-0.05, 0) is 58.7 Å². The van der Waals surface area contributed by atoms with Gasteiger partial charge in [-0.2, -0.15) is 5.21 Å². The first-order chi connectivity index (χ1) is 19.2. The summed E-state index contributed by atoms with van der Waals surface area (Å²) >= 11 is 0. The van der Waals surface area contributed by atoms with Crippen LogP contribution in [-0.2, 0) is 13.0 Å². The molecular weight excluding hydrogens is 531 g/mol. The molecular formula is C30H24ClFN6O2. The molecule has 3 aromatic carbocycles. The predicted octanol–water partition coefficient (Wildman–Crippen LogP) is 6.97. The van der Waals surface area contributed by atoms with Crippen molar-refractivity contribution < 1.29 is 13.9 Å². The highest BCUT2D eigenvalue weighted by Crippen LogP contribution is 2.31. The van der Waals surface area contributed by atoms with Gasteiger partial charge >= 0.3 is 0 Å². The van der Waals surface area contributed by atoms with Crippen molar-refractivity contribution >= 4 is 23.4 Å². The number of pyridine rings is 2. The van der Waals surface area contributed by atoms with Crippen LogP contribution in [0, 0.1) is 5.82 Å². The van der Waals surface area contributed by atoms with Gasteiger partial charge in [0.1, 0.15) is 29.4 Å². The molecule has 0 aliphatic rings. The van der Waals surface area contributed by atoms with Crippen LogP contribution in [0.2, 0.25) is 0 Å². The topological polar surface area (TPSA) is 98.7 Å². The zero-order valence-electron chi connectivity index (χ0n) is 21.4. The number of hydrogen-bond acceptors (Lipinski definition) is 7. The average molecular weight is 555 g/mol. The Morgan fingerprint density at radius 1 is 0.850 bits per heavy atom. The summed E-state index contributed by atoms with van der Waals surface area (Å²) < 4.78 is 25.4. The SMILES string of the molecule is CCc1cc(OCc2ccc(-c3ccccc3-c3nn[nH]n3)cc2)c2nc(Oc3ccc(F)cc3)ccc2n1.Cl. The van der Waals surface area contributed by atoms with Crippen molar-refractivity contribution in [1.29, 1.82) is 0 Å². The molecule has 200 valence electrons. The number of ether oxygens (including phenoxy) is 2. The number of nitrogens with zero attached hydrogens (tertiary/aromatic N) is 5. The number of hydrogen-bond donors (Lipinski definition) is 1. The molecule has 0 atom stereocenters. The Kier molecular flexibility index (Phi) is 7.93. The van der Waals surface area contributed by atoms with Crippen molar-refractivity contribution in [3.63, 3.8) is 0 Å². The quantitative estimate of drug-likeness (QED) is 0.217. The van der Waals surface area contributed by atoms with E-state index in [4.69, 9.17) is 9.47 Å². The summed E-state index contributed by atoms with van der Waals surface area (Å²) in [5, 5.41) is 14.4. The van der Waals surface area contributed by atoms with Gasteiger partial charge < -0.3 is 9.47 Å². The van der Waals surface area contributed by atoms with Gasteiger partial charge in [0.2, 0.25) is 11.7 Å². The Hall–Kier alpha value is -4.89. The van der Waals surface area contributed by atoms with Gasteiger partial charge in [-0.3, -0.25) is 4.98 Å². The maximum Gasteiger partial charge on any atom is 0.220 e. The van der Waals surface area contributed by atoms with Crippen LogP contribution in [0.3, 0.4) is 0 Å². The molecule has 8 nitrogen and oxygen atoms in total. The lowest BCUT2D eigenvalue weighted by Crippen LogP contribution is -2.00. The van der Waals surface area contributed by atoms with E-state index in [1.54, 1.807) is 18.2 Å². The first-order valence-corrected chi connectivity index (χ1v) is 12.5. The minimum Gasteiger partial charge on any atom is -0.486 e. The van der Waals surface area contributed by atoms with E-state index in [-0.39, 0.29) is 18.2 Å². The smallest absolute Gasteiger partial charge is 0.220 e. The molecule has 40 heavy (non-hydrogen) atoms. The van der Waals surface area contributed by atoms with Crippen LogP contribution in [0.5, 0.6) is 17.4 Å². The standard InChI is InChI=1S/C30H23FN6O2.ClH/c1-2-22-17-27(29-26(32-22)15-16-28(33-29)39-23-13-11-21(31)12-14-23)38-18-19-7-9-20(10-8-19)24-5-3-4-6-25(24)30-34-36-37-35-30;/h3-17H,2,18H2,1H3,(H,34,35,36,37);1H. The molecule has 0 aliphatic heterocycles. The number of nitrogens with one attached hydrogen (secondary N) is 1. The van der Waals surface area contributed by atoms with E-state index in [1.165, 1.54) is 12.1 Å². The molecule has 0 saturated heterocycles. The number of benzene rings is 3. The van der Waals surface area contributed by atoms with E-state index in [0.717, 1.165) is 34.4 Å². The summed E-state index contributed by atoms with van der Waals surface area (Å²) in [5.41, 5.74) is 6.15. The number of fused-ring (bicyclic) bond motifs is 1. The molecule has 0 saturated carbocycles. The number of H-pyrrole nitrogens is 1. The van der Waals surface area contributed by atoms with Crippen molar-refractivity contribution in [3.8, 4) is 39.9 Å². The molecule has 0 bridgehead atoms. The minimum absolute atomic E-state index is 0. The Morgan fingerprint density at radius 3 is 2.35 bits per heavy atom. The minimum atomic E-state index is -0.329. The lowest BCUT2D eigenvalue weighted by molar-refractivity contribution is 0.308. The van der Waals surface area contributed by atoms with Gasteiger partial charge in [-0.15, -0.1) is 22.6 Å². The van der Waals surface area contributed by atoms with Crippen LogP contribution in [-0.4, -0.2) is 30.6 Å². The number of aryl methyl sites for hydroxylation is 1. The lowest BCUT2D eigenvalue weighted by atomic mass is 9.98. The largest absolute Gasteiger partial charge is 0.486 e. The molecule has 6 rings (SSSR count). The summed E-state index contributed by atoms with van der Waals surface area (Å²) in [6.07, 6.45) is 0.759. The van der Waals surface area contributed by atoms with Gasteiger partial charge in [0.15, 0.2) is 0 Å². The molecule has 10 heteroatoms. The highest BCUT2D eigenvalue weighted by molar-refractivity contribution is 5.85. The molecule has 1 N–H and O–H groups in total. The molecule has 0 radical (unpaired) electrons. The molecule has 0 unspecified atom stereocenters. The first-order valence-electron chi connectivity index (χ1n) is 12.5. The lowest BCUT2D eigenvalue weighted by Gasteiger charge is -2.12. The Labute approximate surface area is 235 Å². The fourth-order valence-electron chi connectivity index (χ4n) is 4.23. The maximum absolute atomic E-state index is 13.3. The molecule has 6 aromatic rings. The van der Waals surface area contributed by atoms with Crippen molar-refractivity contribution in [3.05, 3.63) is 108 Å². The highest BCUT2D eigenvalue weighted by Gasteiger charge is 2.13. The third kappa shape index (κ3) is 5.74. The number of aromatic nitrogens is 6. The molecule has 0 amide bonds. The fraction of sp³-hybridized carbons (Fsp3) is 0.100. The van der Waals surface area contributed by atoms with Crippen LogP contribution >= 0.6 is 12.4 Å². The van der Waals surface area contributed by atoms with Gasteiger partial charge in [-0.1, -0.05) is 55.5 Å². The third-order valence-corrected chi connectivity index (χ3v) is 6.21. The van der Waals surface area contributed by atoms with E-state index in [9.17, 15) is 4.39 Å². The molecule has 0 spiro atoms. The normalized spacial score (nSPS) is 10.8. The van der Waals surface area contributed by atoms with Crippen molar-refractivity contribution in [2.24, 2.45) is 0 Å². The number of aromatic amines is 1. The van der Waals surface area contributed by atoms with Crippen LogP contribution in [0.1, 0.15) is 18.2 Å².